The van der Waals surface area contributed by atoms with Crippen LogP contribution in [-0.2, 0) is 6.42 Å². The molecule has 94 valence electrons. The molecule has 1 N–H and O–H groups in total. The molecule has 1 aromatic rings. The highest BCUT2D eigenvalue weighted by Gasteiger charge is 2.23. The van der Waals surface area contributed by atoms with Crippen LogP contribution in [0.2, 0.25) is 0 Å². The lowest BCUT2D eigenvalue weighted by molar-refractivity contribution is 0.168. The first kappa shape index (κ1) is 13.0. The van der Waals surface area contributed by atoms with Gasteiger partial charge in [-0.2, -0.15) is 11.8 Å². The minimum absolute atomic E-state index is 0.280. The molecule has 2 rings (SSSR count). The molecule has 2 unspecified atom stereocenters. The van der Waals surface area contributed by atoms with Gasteiger partial charge in [0.25, 0.3) is 0 Å². The van der Waals surface area contributed by atoms with E-state index in [-0.39, 0.29) is 6.10 Å². The molecule has 1 heterocycles. The zero-order chi connectivity index (χ0) is 12.1. The smallest absolute Gasteiger partial charge is 0.0908 e. The average molecular weight is 250 g/mol. The van der Waals surface area contributed by atoms with Crippen LogP contribution in [0, 0.1) is 0 Å². The maximum Gasteiger partial charge on any atom is 0.0908 e. The van der Waals surface area contributed by atoms with Gasteiger partial charge in [-0.1, -0.05) is 44.0 Å². The zero-order valence-corrected chi connectivity index (χ0v) is 11.4. The third kappa shape index (κ3) is 3.49. The Kier molecular flexibility index (Phi) is 4.93. The molecule has 1 aromatic carbocycles. The predicted octanol–water partition coefficient (Wildman–Crippen LogP) is 3.96. The minimum atomic E-state index is -0.280. The van der Waals surface area contributed by atoms with Gasteiger partial charge in [-0.05, 0) is 36.1 Å². The molecular weight excluding hydrogens is 228 g/mol. The van der Waals surface area contributed by atoms with E-state index in [2.05, 4.69) is 31.2 Å². The van der Waals surface area contributed by atoms with Crippen LogP contribution < -0.4 is 0 Å². The van der Waals surface area contributed by atoms with Gasteiger partial charge in [0.1, 0.15) is 0 Å². The molecule has 0 spiro atoms. The largest absolute Gasteiger partial charge is 0.387 e. The number of hydrogen-bond donors (Lipinski definition) is 1. The van der Waals surface area contributed by atoms with Crippen molar-refractivity contribution in [2.45, 2.75) is 50.4 Å². The van der Waals surface area contributed by atoms with Crippen molar-refractivity contribution in [3.05, 3.63) is 35.4 Å². The van der Waals surface area contributed by atoms with Crippen LogP contribution in [0.15, 0.2) is 24.3 Å². The third-order valence-electron chi connectivity index (χ3n) is 3.40. The maximum atomic E-state index is 10.4. The van der Waals surface area contributed by atoms with Crippen molar-refractivity contribution in [2.75, 3.05) is 5.75 Å². The first-order valence-electron chi connectivity index (χ1n) is 6.69. The number of aliphatic hydroxyl groups is 1. The topological polar surface area (TPSA) is 20.2 Å². The fourth-order valence-electron chi connectivity index (χ4n) is 2.45. The monoisotopic (exact) mass is 250 g/mol. The molecule has 0 amide bonds. The fraction of sp³-hybridized carbons (Fsp3) is 0.600. The Morgan fingerprint density at radius 2 is 2.29 bits per heavy atom. The molecule has 0 bridgehead atoms. The fourth-order valence-corrected chi connectivity index (χ4v) is 3.80. The summed E-state index contributed by atoms with van der Waals surface area (Å²) >= 11 is 1.94. The molecular formula is C15H22OS. The Morgan fingerprint density at radius 3 is 3.00 bits per heavy atom. The van der Waals surface area contributed by atoms with E-state index >= 15 is 0 Å². The third-order valence-corrected chi connectivity index (χ3v) is 4.84. The minimum Gasteiger partial charge on any atom is -0.387 e. The van der Waals surface area contributed by atoms with Crippen molar-refractivity contribution in [3.63, 3.8) is 0 Å². The standard InChI is InChI=1S/C15H22OS/c1-2-6-12-7-5-8-13(11-12)15(16)14-9-3-4-10-17-14/h5,7-8,11,14-16H,2-4,6,9-10H2,1H3. The van der Waals surface area contributed by atoms with Crippen LogP contribution in [0.1, 0.15) is 49.8 Å². The molecule has 1 aliphatic heterocycles. The quantitative estimate of drug-likeness (QED) is 0.873. The van der Waals surface area contributed by atoms with Crippen molar-refractivity contribution in [2.24, 2.45) is 0 Å². The van der Waals surface area contributed by atoms with E-state index < -0.39 is 0 Å². The molecule has 1 nitrogen and oxygen atoms in total. The number of benzene rings is 1. The molecule has 0 saturated carbocycles. The lowest BCUT2D eigenvalue weighted by atomic mass is 9.99. The van der Waals surface area contributed by atoms with Crippen molar-refractivity contribution in [1.82, 2.24) is 0 Å². The summed E-state index contributed by atoms with van der Waals surface area (Å²) in [5.74, 6) is 1.20. The summed E-state index contributed by atoms with van der Waals surface area (Å²) in [6, 6.07) is 8.49. The Balaban J connectivity index is 2.06. The summed E-state index contributed by atoms with van der Waals surface area (Å²) < 4.78 is 0. The van der Waals surface area contributed by atoms with Crippen molar-refractivity contribution in [3.8, 4) is 0 Å². The first-order chi connectivity index (χ1) is 8.31. The van der Waals surface area contributed by atoms with Crippen LogP contribution in [0.3, 0.4) is 0 Å². The van der Waals surface area contributed by atoms with Crippen molar-refractivity contribution >= 4 is 11.8 Å². The van der Waals surface area contributed by atoms with Crippen LogP contribution in [0.5, 0.6) is 0 Å². The van der Waals surface area contributed by atoms with E-state index in [1.807, 2.05) is 11.8 Å². The van der Waals surface area contributed by atoms with Gasteiger partial charge in [-0.25, -0.2) is 0 Å². The van der Waals surface area contributed by atoms with Crippen LogP contribution in [0.4, 0.5) is 0 Å². The van der Waals surface area contributed by atoms with Gasteiger partial charge in [0.2, 0.25) is 0 Å². The van der Waals surface area contributed by atoms with Gasteiger partial charge in [-0.3, -0.25) is 0 Å². The van der Waals surface area contributed by atoms with Crippen LogP contribution in [0.25, 0.3) is 0 Å². The van der Waals surface area contributed by atoms with Gasteiger partial charge < -0.3 is 5.11 Å². The summed E-state index contributed by atoms with van der Waals surface area (Å²) in [7, 11) is 0. The first-order valence-corrected chi connectivity index (χ1v) is 7.74. The Bertz CT molecular complexity index is 345. The number of aliphatic hydroxyl groups excluding tert-OH is 1. The molecule has 2 atom stereocenters. The molecule has 2 heteroatoms. The second-order valence-electron chi connectivity index (χ2n) is 4.84. The summed E-state index contributed by atoms with van der Waals surface area (Å²) in [5.41, 5.74) is 2.46. The Hall–Kier alpha value is -0.470. The summed E-state index contributed by atoms with van der Waals surface area (Å²) in [5, 5.41) is 10.8. The zero-order valence-electron chi connectivity index (χ0n) is 10.6. The molecule has 0 aliphatic carbocycles. The van der Waals surface area contributed by atoms with Gasteiger partial charge in [0, 0.05) is 5.25 Å². The highest BCUT2D eigenvalue weighted by atomic mass is 32.2. The summed E-state index contributed by atoms with van der Waals surface area (Å²) in [6.07, 6.45) is 5.73. The highest BCUT2D eigenvalue weighted by molar-refractivity contribution is 7.99. The lowest BCUT2D eigenvalue weighted by Crippen LogP contribution is -2.19. The van der Waals surface area contributed by atoms with Crippen LogP contribution >= 0.6 is 11.8 Å². The molecule has 1 aliphatic rings. The normalized spacial score (nSPS) is 22.4. The van der Waals surface area contributed by atoms with Gasteiger partial charge in [-0.15, -0.1) is 0 Å². The van der Waals surface area contributed by atoms with E-state index in [0.29, 0.717) is 5.25 Å². The van der Waals surface area contributed by atoms with E-state index in [1.54, 1.807) is 0 Å². The number of thioether (sulfide) groups is 1. The van der Waals surface area contributed by atoms with Crippen molar-refractivity contribution < 1.29 is 5.11 Å². The SMILES string of the molecule is CCCc1cccc(C(O)C2CCCCS2)c1. The van der Waals surface area contributed by atoms with Gasteiger partial charge in [0.05, 0.1) is 6.10 Å². The lowest BCUT2D eigenvalue weighted by Gasteiger charge is -2.26. The van der Waals surface area contributed by atoms with E-state index in [0.717, 1.165) is 24.8 Å². The molecule has 0 radical (unpaired) electrons. The number of aryl methyl sites for hydroxylation is 1. The predicted molar refractivity (Wildman–Crippen MR) is 75.5 cm³/mol. The number of rotatable bonds is 4. The van der Waals surface area contributed by atoms with E-state index in [1.165, 1.54) is 24.2 Å². The molecule has 1 fully saturated rings. The van der Waals surface area contributed by atoms with Gasteiger partial charge >= 0.3 is 0 Å². The van der Waals surface area contributed by atoms with E-state index in [4.69, 9.17) is 0 Å². The van der Waals surface area contributed by atoms with Crippen molar-refractivity contribution in [1.29, 1.82) is 0 Å². The molecule has 1 saturated heterocycles. The second kappa shape index (κ2) is 6.46. The summed E-state index contributed by atoms with van der Waals surface area (Å²) in [6.45, 7) is 2.19. The van der Waals surface area contributed by atoms with Gasteiger partial charge in [0.15, 0.2) is 0 Å². The Labute approximate surface area is 109 Å². The number of hydrogen-bond acceptors (Lipinski definition) is 2. The molecule has 17 heavy (non-hydrogen) atoms. The molecule has 0 aromatic heterocycles. The Morgan fingerprint density at radius 1 is 1.41 bits per heavy atom. The second-order valence-corrected chi connectivity index (χ2v) is 6.19. The summed E-state index contributed by atoms with van der Waals surface area (Å²) in [4.78, 5) is 0. The average Bonchev–Trinajstić information content (AvgIpc) is 2.40. The maximum absolute atomic E-state index is 10.4. The highest BCUT2D eigenvalue weighted by Crippen LogP contribution is 2.34. The van der Waals surface area contributed by atoms with Crippen LogP contribution in [-0.4, -0.2) is 16.1 Å². The van der Waals surface area contributed by atoms with E-state index in [9.17, 15) is 5.11 Å².